The van der Waals surface area contributed by atoms with Crippen LogP contribution in [0.5, 0.6) is 0 Å². The maximum Gasteiger partial charge on any atom is 0.338 e. The number of amides is 3. The number of allylic oxidation sites excluding steroid dienone is 1. The second kappa shape index (κ2) is 11.0. The highest BCUT2D eigenvalue weighted by atomic mass is 19.1. The molecular formula is C26H30FN3O4. The average Bonchev–Trinajstić information content (AvgIpc) is 2.78. The van der Waals surface area contributed by atoms with Crippen molar-refractivity contribution in [1.82, 2.24) is 10.2 Å². The normalized spacial score (nSPS) is 15.9. The molecule has 0 aromatic heterocycles. The highest BCUT2D eigenvalue weighted by molar-refractivity contribution is 6.04. The standard InChI is InChI=1S/C26H30FN3O4/c1-5-6-13-30-17(4)22(25(32)34-16(2)3)23(29-26(30)33)18-9-8-12-21(15-18)28-24(31)19-10-7-11-20(27)14-19/h7-12,14-16,23H,5-6,13H2,1-4H3,(H,28,31)(H,29,33). The smallest absolute Gasteiger partial charge is 0.338 e. The molecule has 2 aromatic rings. The fourth-order valence-corrected chi connectivity index (χ4v) is 3.79. The van der Waals surface area contributed by atoms with Gasteiger partial charge in [0.1, 0.15) is 5.82 Å². The lowest BCUT2D eigenvalue weighted by Crippen LogP contribution is -2.48. The molecule has 1 unspecified atom stereocenters. The van der Waals surface area contributed by atoms with Crippen molar-refractivity contribution in [3.8, 4) is 0 Å². The maximum atomic E-state index is 13.5. The van der Waals surface area contributed by atoms with Crippen LogP contribution in [-0.2, 0) is 9.53 Å². The van der Waals surface area contributed by atoms with E-state index in [4.69, 9.17) is 4.74 Å². The van der Waals surface area contributed by atoms with E-state index in [1.807, 2.05) is 6.92 Å². The third-order valence-corrected chi connectivity index (χ3v) is 5.46. The van der Waals surface area contributed by atoms with Crippen LogP contribution in [0.1, 0.15) is 62.5 Å². The quantitative estimate of drug-likeness (QED) is 0.525. The molecule has 0 saturated heterocycles. The van der Waals surface area contributed by atoms with Gasteiger partial charge in [0.15, 0.2) is 0 Å². The summed E-state index contributed by atoms with van der Waals surface area (Å²) in [7, 11) is 0. The number of anilines is 1. The molecule has 8 heteroatoms. The van der Waals surface area contributed by atoms with E-state index in [1.165, 1.54) is 18.2 Å². The number of nitrogens with one attached hydrogen (secondary N) is 2. The summed E-state index contributed by atoms with van der Waals surface area (Å²) in [6.45, 7) is 7.79. The number of rotatable bonds is 8. The predicted octanol–water partition coefficient (Wildman–Crippen LogP) is 5.17. The van der Waals surface area contributed by atoms with Gasteiger partial charge < -0.3 is 15.4 Å². The number of hydrogen-bond acceptors (Lipinski definition) is 4. The molecule has 1 aliphatic heterocycles. The van der Waals surface area contributed by atoms with Crippen molar-refractivity contribution in [3.63, 3.8) is 0 Å². The fraction of sp³-hybridized carbons (Fsp3) is 0.346. The molecular weight excluding hydrogens is 437 g/mol. The molecule has 0 spiro atoms. The minimum atomic E-state index is -0.748. The lowest BCUT2D eigenvalue weighted by atomic mass is 9.94. The van der Waals surface area contributed by atoms with Gasteiger partial charge >= 0.3 is 12.0 Å². The van der Waals surface area contributed by atoms with Crippen molar-refractivity contribution >= 4 is 23.6 Å². The molecule has 3 rings (SSSR count). The van der Waals surface area contributed by atoms with E-state index < -0.39 is 23.7 Å². The molecule has 2 N–H and O–H groups in total. The Balaban J connectivity index is 1.94. The molecule has 1 aliphatic rings. The van der Waals surface area contributed by atoms with Crippen molar-refractivity contribution in [1.29, 1.82) is 0 Å². The van der Waals surface area contributed by atoms with Crippen LogP contribution in [0.25, 0.3) is 0 Å². The molecule has 180 valence electrons. The predicted molar refractivity (Wildman–Crippen MR) is 128 cm³/mol. The summed E-state index contributed by atoms with van der Waals surface area (Å²) in [5.41, 5.74) is 2.12. The van der Waals surface area contributed by atoms with E-state index in [2.05, 4.69) is 10.6 Å². The number of ether oxygens (including phenoxy) is 1. The Morgan fingerprint density at radius 3 is 2.59 bits per heavy atom. The zero-order chi connectivity index (χ0) is 24.8. The largest absolute Gasteiger partial charge is 0.459 e. The first kappa shape index (κ1) is 25.0. The van der Waals surface area contributed by atoms with Crippen LogP contribution in [0, 0.1) is 5.82 Å². The highest BCUT2D eigenvalue weighted by Crippen LogP contribution is 2.33. The maximum absolute atomic E-state index is 13.5. The number of benzene rings is 2. The van der Waals surface area contributed by atoms with Crippen LogP contribution < -0.4 is 10.6 Å². The molecule has 0 radical (unpaired) electrons. The lowest BCUT2D eigenvalue weighted by molar-refractivity contribution is -0.143. The van der Waals surface area contributed by atoms with Crippen molar-refractivity contribution in [2.45, 2.75) is 52.7 Å². The molecule has 34 heavy (non-hydrogen) atoms. The summed E-state index contributed by atoms with van der Waals surface area (Å²) in [5, 5.41) is 5.65. The van der Waals surface area contributed by atoms with E-state index in [1.54, 1.807) is 49.9 Å². The van der Waals surface area contributed by atoms with Crippen molar-refractivity contribution in [2.24, 2.45) is 0 Å². The van der Waals surface area contributed by atoms with Crippen LogP contribution in [-0.4, -0.2) is 35.5 Å². The van der Waals surface area contributed by atoms with Crippen LogP contribution in [0.15, 0.2) is 59.8 Å². The Kier molecular flexibility index (Phi) is 8.04. The molecule has 0 saturated carbocycles. The Morgan fingerprint density at radius 2 is 1.91 bits per heavy atom. The number of esters is 1. The first-order chi connectivity index (χ1) is 16.2. The van der Waals surface area contributed by atoms with Crippen LogP contribution in [0.2, 0.25) is 0 Å². The Bertz CT molecular complexity index is 1110. The number of carbonyl (C=O) groups is 3. The van der Waals surface area contributed by atoms with Gasteiger partial charge in [0.2, 0.25) is 0 Å². The van der Waals surface area contributed by atoms with Crippen LogP contribution in [0.4, 0.5) is 14.9 Å². The third-order valence-electron chi connectivity index (χ3n) is 5.46. The monoisotopic (exact) mass is 467 g/mol. The van der Waals surface area contributed by atoms with Gasteiger partial charge in [0, 0.05) is 23.5 Å². The minimum absolute atomic E-state index is 0.180. The minimum Gasteiger partial charge on any atom is -0.459 e. The summed E-state index contributed by atoms with van der Waals surface area (Å²) in [6.07, 6.45) is 1.37. The summed E-state index contributed by atoms with van der Waals surface area (Å²) in [6, 6.07) is 11.2. The summed E-state index contributed by atoms with van der Waals surface area (Å²) in [4.78, 5) is 40.1. The van der Waals surface area contributed by atoms with E-state index in [-0.39, 0.29) is 17.7 Å². The molecule has 7 nitrogen and oxygen atoms in total. The van der Waals surface area contributed by atoms with Gasteiger partial charge in [0.05, 0.1) is 17.7 Å². The summed E-state index contributed by atoms with van der Waals surface area (Å²) < 4.78 is 19.0. The molecule has 1 atom stereocenters. The molecule has 0 fully saturated rings. The molecule has 0 bridgehead atoms. The van der Waals surface area contributed by atoms with Crippen molar-refractivity contribution in [2.75, 3.05) is 11.9 Å². The molecule has 3 amide bonds. The third kappa shape index (κ3) is 5.81. The first-order valence-electron chi connectivity index (χ1n) is 11.4. The zero-order valence-electron chi connectivity index (χ0n) is 19.9. The van der Waals surface area contributed by atoms with Gasteiger partial charge in [-0.2, -0.15) is 0 Å². The Hall–Kier alpha value is -3.68. The van der Waals surface area contributed by atoms with E-state index >= 15 is 0 Å². The number of hydrogen-bond donors (Lipinski definition) is 2. The molecule has 1 heterocycles. The first-order valence-corrected chi connectivity index (χ1v) is 11.4. The van der Waals surface area contributed by atoms with Crippen molar-refractivity contribution < 1.29 is 23.5 Å². The number of halogens is 1. The van der Waals surface area contributed by atoms with Gasteiger partial charge in [-0.1, -0.05) is 31.5 Å². The number of carbonyl (C=O) groups excluding carboxylic acids is 3. The number of unbranched alkanes of at least 4 members (excludes halogenated alkanes) is 1. The van der Waals surface area contributed by atoms with E-state index in [0.717, 1.165) is 18.9 Å². The van der Waals surface area contributed by atoms with Gasteiger partial charge in [-0.3, -0.25) is 9.69 Å². The Morgan fingerprint density at radius 1 is 1.18 bits per heavy atom. The lowest BCUT2D eigenvalue weighted by Gasteiger charge is -2.35. The van der Waals surface area contributed by atoms with Crippen LogP contribution >= 0.6 is 0 Å². The van der Waals surface area contributed by atoms with E-state index in [0.29, 0.717) is 29.1 Å². The molecule has 0 aliphatic carbocycles. The zero-order valence-corrected chi connectivity index (χ0v) is 19.9. The average molecular weight is 468 g/mol. The van der Waals surface area contributed by atoms with Gasteiger partial charge in [-0.15, -0.1) is 0 Å². The van der Waals surface area contributed by atoms with E-state index in [9.17, 15) is 18.8 Å². The van der Waals surface area contributed by atoms with Gasteiger partial charge in [-0.05, 0) is 63.1 Å². The second-order valence-corrected chi connectivity index (χ2v) is 8.43. The Labute approximate surface area is 199 Å². The number of nitrogens with zero attached hydrogens (tertiary/aromatic N) is 1. The summed E-state index contributed by atoms with van der Waals surface area (Å²) >= 11 is 0. The highest BCUT2D eigenvalue weighted by Gasteiger charge is 2.36. The summed E-state index contributed by atoms with van der Waals surface area (Å²) in [5.74, 6) is -1.48. The van der Waals surface area contributed by atoms with Gasteiger partial charge in [0.25, 0.3) is 5.91 Å². The fourth-order valence-electron chi connectivity index (χ4n) is 3.79. The topological polar surface area (TPSA) is 87.7 Å². The SMILES string of the molecule is CCCCN1C(=O)NC(c2cccc(NC(=O)c3cccc(F)c3)c2)C(C(=O)OC(C)C)=C1C. The van der Waals surface area contributed by atoms with Crippen LogP contribution in [0.3, 0.4) is 0 Å². The van der Waals surface area contributed by atoms with Crippen molar-refractivity contribution in [3.05, 3.63) is 76.7 Å². The number of urea groups is 1. The van der Waals surface area contributed by atoms with Gasteiger partial charge in [-0.25, -0.2) is 14.0 Å². The second-order valence-electron chi connectivity index (χ2n) is 8.43. The molecule has 2 aromatic carbocycles.